The number of nitrogens with one attached hydrogen (secondary N) is 1. The summed E-state index contributed by atoms with van der Waals surface area (Å²) >= 11 is 9.52. The normalized spacial score (nSPS) is 9.89. The molecule has 5 heteroatoms. The molecular formula is C13H13BrCl2N2. The summed E-state index contributed by atoms with van der Waals surface area (Å²) < 4.78 is 0.999. The van der Waals surface area contributed by atoms with Crippen LogP contribution in [0, 0.1) is 0 Å². The number of hydrogen-bond acceptors (Lipinski definition) is 2. The van der Waals surface area contributed by atoms with Gasteiger partial charge >= 0.3 is 0 Å². The zero-order valence-corrected chi connectivity index (χ0v) is 12.7. The number of aromatic nitrogens is 1. The van der Waals surface area contributed by atoms with Crippen LogP contribution in [0.25, 0.3) is 0 Å². The summed E-state index contributed by atoms with van der Waals surface area (Å²) in [5.74, 6) is 0. The van der Waals surface area contributed by atoms with Crippen LogP contribution in [-0.4, -0.2) is 4.98 Å². The fraction of sp³-hybridized carbons (Fsp3) is 0.154. The first-order chi connectivity index (χ1) is 8.25. The Morgan fingerprint density at radius 1 is 1.22 bits per heavy atom. The van der Waals surface area contributed by atoms with E-state index < -0.39 is 0 Å². The molecule has 18 heavy (non-hydrogen) atoms. The predicted octanol–water partition coefficient (Wildman–Crippen LogP) is 4.21. The fourth-order valence-electron chi connectivity index (χ4n) is 1.51. The lowest BCUT2D eigenvalue weighted by molar-refractivity contribution is 0.691. The third kappa shape index (κ3) is 4.58. The molecule has 0 saturated heterocycles. The predicted molar refractivity (Wildman–Crippen MR) is 81.2 cm³/mol. The van der Waals surface area contributed by atoms with Gasteiger partial charge in [0.1, 0.15) is 0 Å². The van der Waals surface area contributed by atoms with Crippen molar-refractivity contribution in [1.29, 1.82) is 0 Å². The van der Waals surface area contributed by atoms with E-state index in [0.717, 1.165) is 28.1 Å². The number of nitrogens with zero attached hydrogens (tertiary/aromatic N) is 1. The van der Waals surface area contributed by atoms with Crippen molar-refractivity contribution in [2.45, 2.75) is 13.1 Å². The van der Waals surface area contributed by atoms with Crippen LogP contribution in [0.3, 0.4) is 0 Å². The van der Waals surface area contributed by atoms with Gasteiger partial charge in [0, 0.05) is 35.0 Å². The van der Waals surface area contributed by atoms with Gasteiger partial charge in [-0.15, -0.1) is 12.4 Å². The average Bonchev–Trinajstić information content (AvgIpc) is 2.33. The van der Waals surface area contributed by atoms with Gasteiger partial charge in [-0.25, -0.2) is 0 Å². The molecule has 0 fully saturated rings. The number of benzene rings is 1. The molecule has 1 heterocycles. The molecule has 1 N–H and O–H groups in total. The van der Waals surface area contributed by atoms with E-state index in [2.05, 4.69) is 26.2 Å². The zero-order valence-electron chi connectivity index (χ0n) is 9.57. The summed E-state index contributed by atoms with van der Waals surface area (Å²) in [6.07, 6.45) is 3.63. The molecular weight excluding hydrogens is 335 g/mol. The molecule has 0 atom stereocenters. The van der Waals surface area contributed by atoms with E-state index in [1.54, 1.807) is 6.20 Å². The van der Waals surface area contributed by atoms with E-state index in [9.17, 15) is 0 Å². The van der Waals surface area contributed by atoms with Gasteiger partial charge in [0.15, 0.2) is 0 Å². The number of pyridine rings is 1. The first kappa shape index (κ1) is 15.4. The second kappa shape index (κ2) is 7.74. The SMILES string of the molecule is Cl.Clc1cc(Br)ccc1CNCc1cccnc1. The molecule has 2 aromatic rings. The Hall–Kier alpha value is -0.610. The van der Waals surface area contributed by atoms with Crippen molar-refractivity contribution in [1.82, 2.24) is 10.3 Å². The van der Waals surface area contributed by atoms with Crippen LogP contribution >= 0.6 is 39.9 Å². The van der Waals surface area contributed by atoms with Gasteiger partial charge in [-0.2, -0.15) is 0 Å². The van der Waals surface area contributed by atoms with Gasteiger partial charge < -0.3 is 5.32 Å². The Bertz CT molecular complexity index is 492. The minimum atomic E-state index is 0. The van der Waals surface area contributed by atoms with Crippen LogP contribution in [0.15, 0.2) is 47.2 Å². The van der Waals surface area contributed by atoms with E-state index in [0.29, 0.717) is 0 Å². The number of rotatable bonds is 4. The maximum absolute atomic E-state index is 6.13. The van der Waals surface area contributed by atoms with Crippen molar-refractivity contribution in [2.24, 2.45) is 0 Å². The largest absolute Gasteiger partial charge is 0.309 e. The lowest BCUT2D eigenvalue weighted by Gasteiger charge is -2.07. The van der Waals surface area contributed by atoms with E-state index in [4.69, 9.17) is 11.6 Å². The highest BCUT2D eigenvalue weighted by atomic mass is 79.9. The fourth-order valence-corrected chi connectivity index (χ4v) is 2.25. The molecule has 0 amide bonds. The van der Waals surface area contributed by atoms with E-state index in [1.165, 1.54) is 5.56 Å². The van der Waals surface area contributed by atoms with Gasteiger partial charge in [-0.1, -0.05) is 39.7 Å². The quantitative estimate of drug-likeness (QED) is 0.896. The highest BCUT2D eigenvalue weighted by Gasteiger charge is 2.00. The van der Waals surface area contributed by atoms with Crippen molar-refractivity contribution >= 4 is 39.9 Å². The van der Waals surface area contributed by atoms with E-state index in [-0.39, 0.29) is 12.4 Å². The molecule has 0 bridgehead atoms. The molecule has 0 saturated carbocycles. The first-order valence-corrected chi connectivity index (χ1v) is 6.46. The summed E-state index contributed by atoms with van der Waals surface area (Å²) in [5, 5.41) is 4.11. The van der Waals surface area contributed by atoms with Crippen LogP contribution in [0.5, 0.6) is 0 Å². The molecule has 1 aromatic heterocycles. The molecule has 96 valence electrons. The lowest BCUT2D eigenvalue weighted by atomic mass is 10.2. The van der Waals surface area contributed by atoms with Gasteiger partial charge in [0.05, 0.1) is 0 Å². The molecule has 0 radical (unpaired) electrons. The van der Waals surface area contributed by atoms with Gasteiger partial charge in [-0.3, -0.25) is 4.98 Å². The summed E-state index contributed by atoms with van der Waals surface area (Å²) in [6, 6.07) is 9.89. The minimum absolute atomic E-state index is 0. The van der Waals surface area contributed by atoms with Crippen molar-refractivity contribution in [3.63, 3.8) is 0 Å². The molecule has 1 aromatic carbocycles. The van der Waals surface area contributed by atoms with Crippen LogP contribution in [0.1, 0.15) is 11.1 Å². The van der Waals surface area contributed by atoms with Crippen molar-refractivity contribution in [2.75, 3.05) is 0 Å². The molecule has 0 aliphatic rings. The molecule has 0 aliphatic carbocycles. The van der Waals surface area contributed by atoms with Gasteiger partial charge in [-0.05, 0) is 29.3 Å². The maximum atomic E-state index is 6.13. The van der Waals surface area contributed by atoms with E-state index in [1.807, 2.05) is 36.5 Å². The van der Waals surface area contributed by atoms with Crippen molar-refractivity contribution < 1.29 is 0 Å². The Kier molecular flexibility index (Phi) is 6.65. The first-order valence-electron chi connectivity index (χ1n) is 5.29. The lowest BCUT2D eigenvalue weighted by Crippen LogP contribution is -2.13. The summed E-state index contributed by atoms with van der Waals surface area (Å²) in [5.41, 5.74) is 2.26. The number of halogens is 3. The summed E-state index contributed by atoms with van der Waals surface area (Å²) in [7, 11) is 0. The van der Waals surface area contributed by atoms with Crippen LogP contribution < -0.4 is 5.32 Å². The molecule has 0 aliphatic heterocycles. The molecule has 0 unspecified atom stereocenters. The topological polar surface area (TPSA) is 24.9 Å². The van der Waals surface area contributed by atoms with Crippen LogP contribution in [0.2, 0.25) is 5.02 Å². The smallest absolute Gasteiger partial charge is 0.0462 e. The maximum Gasteiger partial charge on any atom is 0.0462 e. The van der Waals surface area contributed by atoms with Gasteiger partial charge in [0.2, 0.25) is 0 Å². The van der Waals surface area contributed by atoms with Crippen LogP contribution in [-0.2, 0) is 13.1 Å². The van der Waals surface area contributed by atoms with E-state index >= 15 is 0 Å². The monoisotopic (exact) mass is 346 g/mol. The van der Waals surface area contributed by atoms with Crippen molar-refractivity contribution in [3.8, 4) is 0 Å². The highest BCUT2D eigenvalue weighted by Crippen LogP contribution is 2.21. The Labute approximate surface area is 126 Å². The summed E-state index contributed by atoms with van der Waals surface area (Å²) in [4.78, 5) is 4.07. The Morgan fingerprint density at radius 3 is 2.72 bits per heavy atom. The zero-order chi connectivity index (χ0) is 12.1. The second-order valence-corrected chi connectivity index (χ2v) is 5.02. The Balaban J connectivity index is 0.00000162. The number of hydrogen-bond donors (Lipinski definition) is 1. The second-order valence-electron chi connectivity index (χ2n) is 3.70. The molecule has 2 rings (SSSR count). The molecule has 0 spiro atoms. The third-order valence-electron chi connectivity index (χ3n) is 2.38. The van der Waals surface area contributed by atoms with Crippen LogP contribution in [0.4, 0.5) is 0 Å². The summed E-state index contributed by atoms with van der Waals surface area (Å²) in [6.45, 7) is 1.54. The molecule has 2 nitrogen and oxygen atoms in total. The Morgan fingerprint density at radius 2 is 2.06 bits per heavy atom. The van der Waals surface area contributed by atoms with Gasteiger partial charge in [0.25, 0.3) is 0 Å². The highest BCUT2D eigenvalue weighted by molar-refractivity contribution is 9.10. The average molecular weight is 348 g/mol. The minimum Gasteiger partial charge on any atom is -0.309 e. The third-order valence-corrected chi connectivity index (χ3v) is 3.23. The standard InChI is InChI=1S/C13H12BrClN2.ClH/c14-12-4-3-11(13(15)6-12)9-17-8-10-2-1-5-16-7-10;/h1-7,17H,8-9H2;1H. The van der Waals surface area contributed by atoms with Crippen molar-refractivity contribution in [3.05, 3.63) is 63.3 Å².